The van der Waals surface area contributed by atoms with Gasteiger partial charge in [-0.05, 0) is 37.8 Å². The third-order valence-corrected chi connectivity index (χ3v) is 5.00. The molecule has 0 aliphatic carbocycles. The van der Waals surface area contributed by atoms with E-state index in [2.05, 4.69) is 36.9 Å². The molecule has 146 valence electrons. The van der Waals surface area contributed by atoms with Crippen LogP contribution in [0, 0.1) is 5.92 Å². The number of imidazole rings is 1. The summed E-state index contributed by atoms with van der Waals surface area (Å²) >= 11 is 0. The smallest absolute Gasteiger partial charge is 0.251 e. The normalized spacial score (nSPS) is 15.7. The number of amides is 1. The summed E-state index contributed by atoms with van der Waals surface area (Å²) in [5.74, 6) is 1.67. The average Bonchev–Trinajstić information content (AvgIpc) is 3.07. The largest absolute Gasteiger partial charge is 0.381 e. The van der Waals surface area contributed by atoms with Gasteiger partial charge in [0, 0.05) is 49.0 Å². The predicted octanol–water partition coefficient (Wildman–Crippen LogP) is 4.02. The van der Waals surface area contributed by atoms with E-state index in [1.54, 1.807) is 0 Å². The molecular weight excluding hydrogens is 338 g/mol. The highest BCUT2D eigenvalue weighted by Gasteiger charge is 2.24. The monoisotopic (exact) mass is 369 g/mol. The van der Waals surface area contributed by atoms with Gasteiger partial charge >= 0.3 is 0 Å². The van der Waals surface area contributed by atoms with Crippen LogP contribution < -0.4 is 5.32 Å². The van der Waals surface area contributed by atoms with E-state index in [4.69, 9.17) is 9.72 Å². The summed E-state index contributed by atoms with van der Waals surface area (Å²) in [6, 6.07) is 7.72. The van der Waals surface area contributed by atoms with Crippen molar-refractivity contribution in [1.29, 1.82) is 0 Å². The molecule has 2 heterocycles. The number of carbonyl (C=O) groups excluding carboxylic acids is 1. The molecule has 1 aliphatic rings. The van der Waals surface area contributed by atoms with Crippen molar-refractivity contribution in [2.24, 2.45) is 5.92 Å². The molecule has 5 nitrogen and oxygen atoms in total. The van der Waals surface area contributed by atoms with Crippen LogP contribution in [0.1, 0.15) is 56.7 Å². The van der Waals surface area contributed by atoms with Crippen molar-refractivity contribution in [1.82, 2.24) is 14.9 Å². The Labute approximate surface area is 162 Å². The van der Waals surface area contributed by atoms with Gasteiger partial charge in [0.25, 0.3) is 5.91 Å². The quantitative estimate of drug-likeness (QED) is 0.866. The summed E-state index contributed by atoms with van der Waals surface area (Å²) in [6.45, 7) is 11.8. The lowest BCUT2D eigenvalue weighted by molar-refractivity contribution is 0.0607. The Balaban J connectivity index is 1.92. The van der Waals surface area contributed by atoms with Gasteiger partial charge in [-0.25, -0.2) is 4.98 Å². The Kier molecular flexibility index (Phi) is 6.00. The lowest BCUT2D eigenvalue weighted by Gasteiger charge is -2.25. The van der Waals surface area contributed by atoms with Crippen LogP contribution in [0.2, 0.25) is 0 Å². The van der Waals surface area contributed by atoms with Crippen LogP contribution in [0.3, 0.4) is 0 Å². The van der Waals surface area contributed by atoms with Crippen LogP contribution in [0.4, 0.5) is 0 Å². The summed E-state index contributed by atoms with van der Waals surface area (Å²) in [7, 11) is 0. The third kappa shape index (κ3) is 4.78. The van der Waals surface area contributed by atoms with Crippen LogP contribution in [0.5, 0.6) is 0 Å². The number of ether oxygens (including phenoxy) is 1. The van der Waals surface area contributed by atoms with Gasteiger partial charge in [0.05, 0.1) is 5.69 Å². The maximum Gasteiger partial charge on any atom is 0.251 e. The second-order valence-electron chi connectivity index (χ2n) is 8.35. The molecule has 1 aliphatic heterocycles. The van der Waals surface area contributed by atoms with Gasteiger partial charge in [-0.3, -0.25) is 4.79 Å². The first kappa shape index (κ1) is 19.6. The molecule has 3 rings (SSSR count). The average molecular weight is 370 g/mol. The number of hydrogen-bond acceptors (Lipinski definition) is 3. The van der Waals surface area contributed by atoms with E-state index in [9.17, 15) is 4.79 Å². The lowest BCUT2D eigenvalue weighted by atomic mass is 9.94. The SMILES string of the molecule is CCNC(=O)c1cccc(-c2cn(CC3CCOCC3)c(C(C)(C)C)n2)c1. The Morgan fingerprint density at radius 1 is 1.30 bits per heavy atom. The minimum absolute atomic E-state index is 0.0411. The van der Waals surface area contributed by atoms with Crippen LogP contribution >= 0.6 is 0 Å². The molecule has 0 bridgehead atoms. The molecule has 1 aromatic heterocycles. The highest BCUT2D eigenvalue weighted by atomic mass is 16.5. The van der Waals surface area contributed by atoms with Crippen molar-refractivity contribution in [3.05, 3.63) is 41.9 Å². The fourth-order valence-electron chi connectivity index (χ4n) is 3.58. The maximum atomic E-state index is 12.2. The Bertz CT molecular complexity index is 783. The first-order chi connectivity index (χ1) is 12.9. The minimum atomic E-state index is -0.0444. The molecule has 1 fully saturated rings. The van der Waals surface area contributed by atoms with Crippen LogP contribution in [-0.2, 0) is 16.7 Å². The Hall–Kier alpha value is -2.14. The van der Waals surface area contributed by atoms with Crippen LogP contribution in [0.15, 0.2) is 30.5 Å². The molecule has 0 atom stereocenters. The number of hydrogen-bond donors (Lipinski definition) is 1. The molecule has 27 heavy (non-hydrogen) atoms. The van der Waals surface area contributed by atoms with E-state index in [1.165, 1.54) is 0 Å². The Morgan fingerprint density at radius 3 is 2.70 bits per heavy atom. The van der Waals surface area contributed by atoms with Gasteiger partial charge in [-0.2, -0.15) is 0 Å². The number of nitrogens with one attached hydrogen (secondary N) is 1. The van der Waals surface area contributed by atoms with Gasteiger partial charge in [-0.15, -0.1) is 0 Å². The van der Waals surface area contributed by atoms with E-state index in [0.717, 1.165) is 49.7 Å². The van der Waals surface area contributed by atoms with E-state index >= 15 is 0 Å². The van der Waals surface area contributed by atoms with E-state index in [-0.39, 0.29) is 11.3 Å². The van der Waals surface area contributed by atoms with Crippen molar-refractivity contribution >= 4 is 5.91 Å². The molecule has 1 amide bonds. The van der Waals surface area contributed by atoms with Gasteiger partial charge in [-0.1, -0.05) is 32.9 Å². The van der Waals surface area contributed by atoms with Crippen LogP contribution in [-0.4, -0.2) is 35.2 Å². The second-order valence-corrected chi connectivity index (χ2v) is 8.35. The van der Waals surface area contributed by atoms with Crippen molar-refractivity contribution in [2.45, 2.75) is 52.5 Å². The summed E-state index contributed by atoms with van der Waals surface area (Å²) in [5, 5.41) is 2.86. The van der Waals surface area contributed by atoms with Crippen molar-refractivity contribution in [3.8, 4) is 11.3 Å². The Morgan fingerprint density at radius 2 is 2.04 bits per heavy atom. The number of carbonyl (C=O) groups is 1. The maximum absolute atomic E-state index is 12.2. The van der Waals surface area contributed by atoms with Gasteiger partial charge in [0.1, 0.15) is 5.82 Å². The van der Waals surface area contributed by atoms with Crippen molar-refractivity contribution in [2.75, 3.05) is 19.8 Å². The standard InChI is InChI=1S/C22H31N3O2/c1-5-23-20(26)18-8-6-7-17(13-18)19-15-25(21(24-19)22(2,3)4)14-16-9-11-27-12-10-16/h6-8,13,15-16H,5,9-12,14H2,1-4H3,(H,23,26). The number of benzene rings is 1. The molecule has 0 spiro atoms. The minimum Gasteiger partial charge on any atom is -0.381 e. The number of nitrogens with zero attached hydrogens (tertiary/aromatic N) is 2. The van der Waals surface area contributed by atoms with Gasteiger partial charge in [0.15, 0.2) is 0 Å². The van der Waals surface area contributed by atoms with Crippen molar-refractivity contribution < 1.29 is 9.53 Å². The first-order valence-corrected chi connectivity index (χ1v) is 9.92. The molecule has 0 radical (unpaired) electrons. The molecule has 2 aromatic rings. The van der Waals surface area contributed by atoms with Gasteiger partial charge in [0.2, 0.25) is 0 Å². The van der Waals surface area contributed by atoms with Crippen molar-refractivity contribution in [3.63, 3.8) is 0 Å². The molecule has 5 heteroatoms. The van der Waals surface area contributed by atoms with E-state index < -0.39 is 0 Å². The highest BCUT2D eigenvalue weighted by molar-refractivity contribution is 5.95. The fraction of sp³-hybridized carbons (Fsp3) is 0.545. The molecule has 0 saturated carbocycles. The second kappa shape index (κ2) is 8.26. The molecule has 1 saturated heterocycles. The molecule has 1 N–H and O–H groups in total. The first-order valence-electron chi connectivity index (χ1n) is 9.92. The predicted molar refractivity (Wildman–Crippen MR) is 108 cm³/mol. The lowest BCUT2D eigenvalue weighted by Crippen LogP contribution is -2.24. The molecular formula is C22H31N3O2. The summed E-state index contributed by atoms with van der Waals surface area (Å²) < 4.78 is 7.81. The number of rotatable bonds is 5. The topological polar surface area (TPSA) is 56.2 Å². The molecule has 0 unspecified atom stereocenters. The fourth-order valence-corrected chi connectivity index (χ4v) is 3.58. The van der Waals surface area contributed by atoms with Crippen LogP contribution in [0.25, 0.3) is 11.3 Å². The highest BCUT2D eigenvalue weighted by Crippen LogP contribution is 2.29. The molecule has 1 aromatic carbocycles. The summed E-state index contributed by atoms with van der Waals surface area (Å²) in [4.78, 5) is 17.1. The summed E-state index contributed by atoms with van der Waals surface area (Å²) in [6.07, 6.45) is 4.35. The number of aromatic nitrogens is 2. The van der Waals surface area contributed by atoms with E-state index in [1.807, 2.05) is 31.2 Å². The van der Waals surface area contributed by atoms with Gasteiger partial charge < -0.3 is 14.6 Å². The zero-order valence-corrected chi connectivity index (χ0v) is 16.9. The zero-order chi connectivity index (χ0) is 19.4. The van der Waals surface area contributed by atoms with E-state index in [0.29, 0.717) is 18.0 Å². The zero-order valence-electron chi connectivity index (χ0n) is 16.9. The summed E-state index contributed by atoms with van der Waals surface area (Å²) in [5.41, 5.74) is 2.54. The third-order valence-electron chi connectivity index (χ3n) is 5.00.